The number of nitrogens with zero attached hydrogens (tertiary/aromatic N) is 3. The maximum atomic E-state index is 4.77. The number of hydrogen-bond acceptors (Lipinski definition) is 2. The molecule has 2 aromatic heterocycles. The molecular weight excluding hydrogens is 338 g/mol. The van der Waals surface area contributed by atoms with Crippen LogP contribution in [0.4, 0.5) is 0 Å². The van der Waals surface area contributed by atoms with E-state index in [1.807, 2.05) is 48.5 Å². The fourth-order valence-electron chi connectivity index (χ4n) is 2.57. The van der Waals surface area contributed by atoms with Crippen molar-refractivity contribution in [1.29, 1.82) is 0 Å². The molecular formula is C18H12BrN3. The van der Waals surface area contributed by atoms with E-state index in [9.17, 15) is 0 Å². The molecule has 0 aliphatic heterocycles. The third kappa shape index (κ3) is 2.22. The van der Waals surface area contributed by atoms with Gasteiger partial charge in [0, 0.05) is 16.4 Å². The molecule has 2 heterocycles. The minimum Gasteiger partial charge on any atom is -0.291 e. The lowest BCUT2D eigenvalue weighted by Gasteiger charge is -2.09. The summed E-state index contributed by atoms with van der Waals surface area (Å²) in [6.07, 6.45) is 1.79. The number of imidazole rings is 1. The molecule has 0 atom stereocenters. The van der Waals surface area contributed by atoms with Gasteiger partial charge in [0.25, 0.3) is 0 Å². The summed E-state index contributed by atoms with van der Waals surface area (Å²) >= 11 is 3.54. The van der Waals surface area contributed by atoms with Gasteiger partial charge in [-0.2, -0.15) is 0 Å². The zero-order valence-electron chi connectivity index (χ0n) is 11.6. The highest BCUT2D eigenvalue weighted by Gasteiger charge is 2.14. The van der Waals surface area contributed by atoms with E-state index in [1.54, 1.807) is 6.20 Å². The van der Waals surface area contributed by atoms with Gasteiger partial charge in [-0.1, -0.05) is 40.2 Å². The second kappa shape index (κ2) is 5.39. The Morgan fingerprint density at radius 1 is 0.864 bits per heavy atom. The molecule has 0 amide bonds. The summed E-state index contributed by atoms with van der Waals surface area (Å²) in [6, 6.07) is 22.2. The smallest absolute Gasteiger partial charge is 0.164 e. The van der Waals surface area contributed by atoms with E-state index < -0.39 is 0 Å². The summed E-state index contributed by atoms with van der Waals surface area (Å²) in [6.45, 7) is 0. The molecule has 0 unspecified atom stereocenters. The van der Waals surface area contributed by atoms with Gasteiger partial charge in [0.2, 0.25) is 0 Å². The lowest BCUT2D eigenvalue weighted by Crippen LogP contribution is -1.98. The van der Waals surface area contributed by atoms with Gasteiger partial charge in [-0.3, -0.25) is 9.55 Å². The summed E-state index contributed by atoms with van der Waals surface area (Å²) in [4.78, 5) is 9.23. The molecule has 4 aromatic rings. The Morgan fingerprint density at radius 2 is 1.73 bits per heavy atom. The van der Waals surface area contributed by atoms with Crippen LogP contribution in [0.1, 0.15) is 0 Å². The van der Waals surface area contributed by atoms with E-state index in [-0.39, 0.29) is 0 Å². The van der Waals surface area contributed by atoms with Crippen LogP contribution in [-0.4, -0.2) is 14.5 Å². The molecule has 3 nitrogen and oxygen atoms in total. The molecule has 0 fully saturated rings. The average molecular weight is 350 g/mol. The first-order chi connectivity index (χ1) is 10.8. The number of benzene rings is 2. The largest absolute Gasteiger partial charge is 0.291 e. The van der Waals surface area contributed by atoms with Gasteiger partial charge >= 0.3 is 0 Å². The van der Waals surface area contributed by atoms with Gasteiger partial charge < -0.3 is 0 Å². The summed E-state index contributed by atoms with van der Waals surface area (Å²) in [5.74, 6) is 0.847. The topological polar surface area (TPSA) is 30.7 Å². The van der Waals surface area contributed by atoms with Crippen molar-refractivity contribution in [3.63, 3.8) is 0 Å². The fourth-order valence-corrected chi connectivity index (χ4v) is 2.96. The second-order valence-corrected chi connectivity index (χ2v) is 5.87. The van der Waals surface area contributed by atoms with Crippen molar-refractivity contribution in [3.05, 3.63) is 77.4 Å². The lowest BCUT2D eigenvalue weighted by atomic mass is 10.2. The summed E-state index contributed by atoms with van der Waals surface area (Å²) in [7, 11) is 0. The highest BCUT2D eigenvalue weighted by atomic mass is 79.9. The van der Waals surface area contributed by atoms with Crippen molar-refractivity contribution < 1.29 is 0 Å². The minimum absolute atomic E-state index is 0.847. The number of hydrogen-bond donors (Lipinski definition) is 0. The van der Waals surface area contributed by atoms with Crippen molar-refractivity contribution in [2.75, 3.05) is 0 Å². The van der Waals surface area contributed by atoms with Gasteiger partial charge in [0.1, 0.15) is 5.69 Å². The molecule has 0 bridgehead atoms. The quantitative estimate of drug-likeness (QED) is 0.517. The number of rotatable bonds is 2. The van der Waals surface area contributed by atoms with Crippen LogP contribution in [0, 0.1) is 0 Å². The normalized spacial score (nSPS) is 11.0. The zero-order chi connectivity index (χ0) is 14.9. The predicted molar refractivity (Wildman–Crippen MR) is 92.0 cm³/mol. The number of para-hydroxylation sites is 2. The standard InChI is InChI=1S/C18H12BrN3/c19-13-6-5-7-14(12-13)22-17-10-2-1-8-15(17)21-18(22)16-9-3-4-11-20-16/h1-12H. The Bertz CT molecular complexity index is 945. The number of pyridine rings is 1. The third-order valence-electron chi connectivity index (χ3n) is 3.52. The van der Waals surface area contributed by atoms with Gasteiger partial charge in [0.05, 0.1) is 11.0 Å². The Morgan fingerprint density at radius 3 is 2.55 bits per heavy atom. The molecule has 106 valence electrons. The van der Waals surface area contributed by atoms with E-state index in [2.05, 4.69) is 43.7 Å². The molecule has 2 aromatic carbocycles. The van der Waals surface area contributed by atoms with Crippen LogP contribution in [0.25, 0.3) is 28.2 Å². The van der Waals surface area contributed by atoms with Gasteiger partial charge in [-0.15, -0.1) is 0 Å². The summed E-state index contributed by atoms with van der Waals surface area (Å²) in [5, 5.41) is 0. The summed E-state index contributed by atoms with van der Waals surface area (Å²) < 4.78 is 3.18. The van der Waals surface area contributed by atoms with E-state index in [0.29, 0.717) is 0 Å². The molecule has 4 heteroatoms. The van der Waals surface area contributed by atoms with E-state index in [1.165, 1.54) is 0 Å². The highest BCUT2D eigenvalue weighted by Crippen LogP contribution is 2.28. The SMILES string of the molecule is Brc1cccc(-n2c(-c3ccccn3)nc3ccccc32)c1. The lowest BCUT2D eigenvalue weighted by molar-refractivity contribution is 1.08. The van der Waals surface area contributed by atoms with Crippen LogP contribution in [0.2, 0.25) is 0 Å². The van der Waals surface area contributed by atoms with Crippen LogP contribution in [0.5, 0.6) is 0 Å². The van der Waals surface area contributed by atoms with Crippen molar-refractivity contribution in [2.45, 2.75) is 0 Å². The molecule has 0 aliphatic rings. The minimum atomic E-state index is 0.847. The Kier molecular flexibility index (Phi) is 3.24. The maximum Gasteiger partial charge on any atom is 0.164 e. The first-order valence-electron chi connectivity index (χ1n) is 6.98. The van der Waals surface area contributed by atoms with Crippen molar-refractivity contribution in [2.24, 2.45) is 0 Å². The van der Waals surface area contributed by atoms with Crippen LogP contribution in [0.3, 0.4) is 0 Å². The highest BCUT2D eigenvalue weighted by molar-refractivity contribution is 9.10. The number of fused-ring (bicyclic) bond motifs is 1. The molecule has 0 radical (unpaired) electrons. The predicted octanol–water partition coefficient (Wildman–Crippen LogP) is 4.85. The first kappa shape index (κ1) is 13.2. The Labute approximate surface area is 136 Å². The fraction of sp³-hybridized carbons (Fsp3) is 0. The van der Waals surface area contributed by atoms with E-state index in [0.717, 1.165) is 32.7 Å². The van der Waals surface area contributed by atoms with E-state index >= 15 is 0 Å². The van der Waals surface area contributed by atoms with Crippen LogP contribution >= 0.6 is 15.9 Å². The second-order valence-electron chi connectivity index (χ2n) is 4.95. The van der Waals surface area contributed by atoms with Crippen molar-refractivity contribution in [3.8, 4) is 17.2 Å². The Hall–Kier alpha value is -2.46. The van der Waals surface area contributed by atoms with E-state index in [4.69, 9.17) is 4.98 Å². The third-order valence-corrected chi connectivity index (χ3v) is 4.01. The molecule has 0 saturated carbocycles. The average Bonchev–Trinajstić information content (AvgIpc) is 2.95. The van der Waals surface area contributed by atoms with Crippen LogP contribution in [-0.2, 0) is 0 Å². The van der Waals surface area contributed by atoms with Crippen LogP contribution in [0.15, 0.2) is 77.4 Å². The molecule has 0 spiro atoms. The Balaban J connectivity index is 2.07. The monoisotopic (exact) mass is 349 g/mol. The van der Waals surface area contributed by atoms with Crippen molar-refractivity contribution in [1.82, 2.24) is 14.5 Å². The summed E-state index contributed by atoms with van der Waals surface area (Å²) in [5.41, 5.74) is 3.95. The maximum absolute atomic E-state index is 4.77. The zero-order valence-corrected chi connectivity index (χ0v) is 13.2. The van der Waals surface area contributed by atoms with Gasteiger partial charge in [-0.25, -0.2) is 4.98 Å². The molecule has 0 aliphatic carbocycles. The van der Waals surface area contributed by atoms with Gasteiger partial charge in [-0.05, 0) is 42.5 Å². The molecule has 0 N–H and O–H groups in total. The number of halogens is 1. The first-order valence-corrected chi connectivity index (χ1v) is 7.77. The molecule has 0 saturated heterocycles. The molecule has 22 heavy (non-hydrogen) atoms. The number of aromatic nitrogens is 3. The molecule has 4 rings (SSSR count). The van der Waals surface area contributed by atoms with Gasteiger partial charge in [0.15, 0.2) is 5.82 Å². The van der Waals surface area contributed by atoms with Crippen molar-refractivity contribution >= 4 is 27.0 Å². The van der Waals surface area contributed by atoms with Crippen LogP contribution < -0.4 is 0 Å².